The van der Waals surface area contributed by atoms with Gasteiger partial charge in [0.25, 0.3) is 0 Å². The molecule has 2 atom stereocenters. The molecule has 1 aliphatic carbocycles. The Labute approximate surface area is 109 Å². The van der Waals surface area contributed by atoms with Crippen molar-refractivity contribution < 1.29 is 4.79 Å². The number of benzene rings is 1. The third kappa shape index (κ3) is 3.57. The number of rotatable bonds is 3. The second-order valence-electron chi connectivity index (χ2n) is 5.28. The minimum atomic E-state index is 0.0844. The van der Waals surface area contributed by atoms with Crippen LogP contribution in [0, 0.1) is 6.92 Å². The van der Waals surface area contributed by atoms with Gasteiger partial charge in [-0.25, -0.2) is 0 Å². The Balaban J connectivity index is 1.86. The normalized spacial score (nSPS) is 23.7. The van der Waals surface area contributed by atoms with Gasteiger partial charge in [0.15, 0.2) is 0 Å². The third-order valence-electron chi connectivity index (χ3n) is 3.65. The highest BCUT2D eigenvalue weighted by Gasteiger charge is 2.23. The molecule has 0 bridgehead atoms. The fraction of sp³-hybridized carbons (Fsp3) is 0.533. The number of hydrogen-bond acceptors (Lipinski definition) is 2. The lowest BCUT2D eigenvalue weighted by molar-refractivity contribution is -0.121. The zero-order valence-corrected chi connectivity index (χ0v) is 11.0. The molecule has 1 saturated carbocycles. The molecule has 2 rings (SSSR count). The number of nitrogens with one attached hydrogen (secondary N) is 1. The van der Waals surface area contributed by atoms with Gasteiger partial charge in [-0.1, -0.05) is 42.7 Å². The summed E-state index contributed by atoms with van der Waals surface area (Å²) < 4.78 is 0. The third-order valence-corrected chi connectivity index (χ3v) is 3.65. The largest absolute Gasteiger partial charge is 0.352 e. The fourth-order valence-electron chi connectivity index (χ4n) is 2.49. The van der Waals surface area contributed by atoms with Crippen LogP contribution < -0.4 is 11.1 Å². The smallest absolute Gasteiger partial charge is 0.224 e. The summed E-state index contributed by atoms with van der Waals surface area (Å²) in [6.07, 6.45) is 4.84. The summed E-state index contributed by atoms with van der Waals surface area (Å²) in [5, 5.41) is 3.07. The quantitative estimate of drug-likeness (QED) is 0.856. The second kappa shape index (κ2) is 6.01. The SMILES string of the molecule is Cc1ccc(CC(=O)NC2CCCCC2N)cc1. The van der Waals surface area contributed by atoms with Crippen LogP contribution in [0.1, 0.15) is 36.8 Å². The van der Waals surface area contributed by atoms with Crippen molar-refractivity contribution in [2.75, 3.05) is 0 Å². The first-order chi connectivity index (χ1) is 8.65. The Morgan fingerprint density at radius 3 is 2.61 bits per heavy atom. The maximum atomic E-state index is 11.9. The van der Waals surface area contributed by atoms with Gasteiger partial charge in [-0.3, -0.25) is 4.79 Å². The molecule has 3 nitrogen and oxygen atoms in total. The maximum absolute atomic E-state index is 11.9. The highest BCUT2D eigenvalue weighted by atomic mass is 16.1. The Kier molecular flexibility index (Phi) is 4.37. The lowest BCUT2D eigenvalue weighted by Gasteiger charge is -2.29. The summed E-state index contributed by atoms with van der Waals surface area (Å²) in [5.74, 6) is 0.0844. The van der Waals surface area contributed by atoms with Crippen molar-refractivity contribution in [2.45, 2.75) is 51.1 Å². The molecule has 0 aliphatic heterocycles. The summed E-state index contributed by atoms with van der Waals surface area (Å²) in [4.78, 5) is 11.9. The second-order valence-corrected chi connectivity index (χ2v) is 5.28. The van der Waals surface area contributed by atoms with Crippen molar-refractivity contribution in [3.05, 3.63) is 35.4 Å². The van der Waals surface area contributed by atoms with E-state index in [1.807, 2.05) is 31.2 Å². The monoisotopic (exact) mass is 246 g/mol. The molecule has 0 heterocycles. The standard InChI is InChI=1S/C15H22N2O/c1-11-6-8-12(9-7-11)10-15(18)17-14-5-3-2-4-13(14)16/h6-9,13-14H,2-5,10,16H2,1H3,(H,17,18). The zero-order valence-electron chi connectivity index (χ0n) is 11.0. The van der Waals surface area contributed by atoms with Crippen LogP contribution in [0.15, 0.2) is 24.3 Å². The predicted molar refractivity (Wildman–Crippen MR) is 73.3 cm³/mol. The average Bonchev–Trinajstić information content (AvgIpc) is 2.35. The fourth-order valence-corrected chi connectivity index (χ4v) is 2.49. The first kappa shape index (κ1) is 13.1. The lowest BCUT2D eigenvalue weighted by Crippen LogP contribution is -2.49. The van der Waals surface area contributed by atoms with Crippen LogP contribution >= 0.6 is 0 Å². The minimum absolute atomic E-state index is 0.0844. The molecule has 0 spiro atoms. The predicted octanol–water partition coefficient (Wildman–Crippen LogP) is 1.92. The van der Waals surface area contributed by atoms with Gasteiger partial charge in [0.05, 0.1) is 6.42 Å². The topological polar surface area (TPSA) is 55.1 Å². The van der Waals surface area contributed by atoms with Crippen LogP contribution in [-0.4, -0.2) is 18.0 Å². The van der Waals surface area contributed by atoms with Gasteiger partial charge in [-0.15, -0.1) is 0 Å². The zero-order chi connectivity index (χ0) is 13.0. The van der Waals surface area contributed by atoms with Crippen LogP contribution in [0.3, 0.4) is 0 Å². The van der Waals surface area contributed by atoms with Crippen LogP contribution in [0.4, 0.5) is 0 Å². The summed E-state index contributed by atoms with van der Waals surface area (Å²) in [7, 11) is 0. The molecule has 3 heteroatoms. The Bertz CT molecular complexity index is 399. The van der Waals surface area contributed by atoms with Crippen LogP contribution in [0.5, 0.6) is 0 Å². The van der Waals surface area contributed by atoms with Gasteiger partial charge in [-0.2, -0.15) is 0 Å². The Morgan fingerprint density at radius 1 is 1.28 bits per heavy atom. The Morgan fingerprint density at radius 2 is 1.94 bits per heavy atom. The van der Waals surface area contributed by atoms with Gasteiger partial charge in [0.1, 0.15) is 0 Å². The molecule has 3 N–H and O–H groups in total. The molecule has 1 aliphatic rings. The van der Waals surface area contributed by atoms with E-state index in [1.165, 1.54) is 18.4 Å². The van der Waals surface area contributed by atoms with Gasteiger partial charge >= 0.3 is 0 Å². The molecule has 2 unspecified atom stereocenters. The van der Waals surface area contributed by atoms with E-state index in [4.69, 9.17) is 5.73 Å². The van der Waals surface area contributed by atoms with Crippen molar-refractivity contribution in [1.82, 2.24) is 5.32 Å². The molecule has 1 fully saturated rings. The number of amides is 1. The number of carbonyl (C=O) groups excluding carboxylic acids is 1. The van der Waals surface area contributed by atoms with Gasteiger partial charge in [0.2, 0.25) is 5.91 Å². The first-order valence-corrected chi connectivity index (χ1v) is 6.75. The minimum Gasteiger partial charge on any atom is -0.352 e. The van der Waals surface area contributed by atoms with E-state index in [0.29, 0.717) is 6.42 Å². The number of nitrogens with two attached hydrogens (primary N) is 1. The molecule has 1 aromatic rings. The van der Waals surface area contributed by atoms with E-state index < -0.39 is 0 Å². The summed E-state index contributed by atoms with van der Waals surface area (Å²) in [6.45, 7) is 2.05. The van der Waals surface area contributed by atoms with Crippen molar-refractivity contribution in [3.8, 4) is 0 Å². The molecule has 0 saturated heterocycles. The molecule has 0 radical (unpaired) electrons. The van der Waals surface area contributed by atoms with Crippen LogP contribution in [0.2, 0.25) is 0 Å². The highest BCUT2D eigenvalue weighted by molar-refractivity contribution is 5.78. The molecule has 0 aromatic heterocycles. The summed E-state index contributed by atoms with van der Waals surface area (Å²) >= 11 is 0. The number of carbonyl (C=O) groups is 1. The van der Waals surface area contributed by atoms with E-state index in [1.54, 1.807) is 0 Å². The maximum Gasteiger partial charge on any atom is 0.224 e. The summed E-state index contributed by atoms with van der Waals surface area (Å²) in [5.41, 5.74) is 8.30. The van der Waals surface area contributed by atoms with Gasteiger partial charge < -0.3 is 11.1 Å². The van der Waals surface area contributed by atoms with Crippen molar-refractivity contribution >= 4 is 5.91 Å². The first-order valence-electron chi connectivity index (χ1n) is 6.75. The van der Waals surface area contributed by atoms with E-state index in [-0.39, 0.29) is 18.0 Å². The molecular weight excluding hydrogens is 224 g/mol. The van der Waals surface area contributed by atoms with Gasteiger partial charge in [-0.05, 0) is 25.3 Å². The van der Waals surface area contributed by atoms with Crippen LogP contribution in [-0.2, 0) is 11.2 Å². The molecule has 98 valence electrons. The molecule has 1 aromatic carbocycles. The Hall–Kier alpha value is -1.35. The average molecular weight is 246 g/mol. The van der Waals surface area contributed by atoms with Crippen LogP contribution in [0.25, 0.3) is 0 Å². The van der Waals surface area contributed by atoms with Gasteiger partial charge in [0, 0.05) is 12.1 Å². The van der Waals surface area contributed by atoms with Crippen molar-refractivity contribution in [2.24, 2.45) is 5.73 Å². The van der Waals surface area contributed by atoms with E-state index in [2.05, 4.69) is 5.32 Å². The number of aryl methyl sites for hydroxylation is 1. The van der Waals surface area contributed by atoms with Crippen molar-refractivity contribution in [1.29, 1.82) is 0 Å². The molecule has 1 amide bonds. The van der Waals surface area contributed by atoms with E-state index >= 15 is 0 Å². The van der Waals surface area contributed by atoms with Crippen molar-refractivity contribution in [3.63, 3.8) is 0 Å². The molecule has 18 heavy (non-hydrogen) atoms. The lowest BCUT2D eigenvalue weighted by atomic mass is 9.91. The number of hydrogen-bond donors (Lipinski definition) is 2. The van der Waals surface area contributed by atoms with E-state index in [0.717, 1.165) is 18.4 Å². The molecular formula is C15H22N2O. The van der Waals surface area contributed by atoms with E-state index in [9.17, 15) is 4.79 Å². The highest BCUT2D eigenvalue weighted by Crippen LogP contribution is 2.17. The summed E-state index contributed by atoms with van der Waals surface area (Å²) in [6, 6.07) is 8.38.